The Morgan fingerprint density at radius 1 is 1.38 bits per heavy atom. The van der Waals surface area contributed by atoms with Crippen LogP contribution in [-0.2, 0) is 4.79 Å². The minimum Gasteiger partial charge on any atom is -0.481 e. The van der Waals surface area contributed by atoms with Gasteiger partial charge < -0.3 is 10.0 Å². The number of carboxylic acids is 1. The normalized spacial score (nSPS) is 26.4. The minimum atomic E-state index is -0.839. The topological polar surface area (TPSA) is 75.4 Å². The first-order valence-corrected chi connectivity index (χ1v) is 7.57. The van der Waals surface area contributed by atoms with Crippen molar-refractivity contribution < 1.29 is 14.7 Å². The summed E-state index contributed by atoms with van der Waals surface area (Å²) in [6.07, 6.45) is 7.05. The van der Waals surface area contributed by atoms with Crippen molar-refractivity contribution in [2.45, 2.75) is 45.1 Å². The quantitative estimate of drug-likeness (QED) is 0.923. The summed E-state index contributed by atoms with van der Waals surface area (Å²) in [5, 5.41) is 13.6. The highest BCUT2D eigenvalue weighted by Gasteiger charge is 2.42. The Balaban J connectivity index is 1.70. The Morgan fingerprint density at radius 2 is 2.10 bits per heavy atom. The molecule has 1 amide bonds. The van der Waals surface area contributed by atoms with Crippen LogP contribution in [0.1, 0.15) is 55.6 Å². The van der Waals surface area contributed by atoms with Crippen LogP contribution in [0.3, 0.4) is 0 Å². The standard InChI is InChI=1S/C15H21N3O3/c1-15(14(20)21)7-9-17(10-15)13(19)12-6-8-18(16-12)11-4-2-3-5-11/h6,8,11H,2-5,7,9-10H2,1H3,(H,20,21)/t15-/m0/s1. The summed E-state index contributed by atoms with van der Waals surface area (Å²) in [5.74, 6) is -0.994. The van der Waals surface area contributed by atoms with E-state index in [1.807, 2.05) is 10.9 Å². The van der Waals surface area contributed by atoms with Gasteiger partial charge in [0.05, 0.1) is 11.5 Å². The molecule has 0 radical (unpaired) electrons. The van der Waals surface area contributed by atoms with E-state index in [-0.39, 0.29) is 12.5 Å². The van der Waals surface area contributed by atoms with Gasteiger partial charge in [-0.25, -0.2) is 0 Å². The van der Waals surface area contributed by atoms with E-state index in [2.05, 4.69) is 5.10 Å². The number of carbonyl (C=O) groups is 2. The highest BCUT2D eigenvalue weighted by molar-refractivity contribution is 5.93. The monoisotopic (exact) mass is 291 g/mol. The van der Waals surface area contributed by atoms with Crippen LogP contribution in [0.5, 0.6) is 0 Å². The van der Waals surface area contributed by atoms with Crippen LogP contribution >= 0.6 is 0 Å². The van der Waals surface area contributed by atoms with Gasteiger partial charge in [-0.2, -0.15) is 5.10 Å². The molecule has 0 bridgehead atoms. The molecule has 6 heteroatoms. The SMILES string of the molecule is C[C@]1(C(=O)O)CCN(C(=O)c2ccn(C3CCCC3)n2)C1. The number of hydrogen-bond donors (Lipinski definition) is 1. The molecule has 1 aliphatic heterocycles. The number of carbonyl (C=O) groups excluding carboxylic acids is 1. The van der Waals surface area contributed by atoms with Gasteiger partial charge in [-0.15, -0.1) is 0 Å². The summed E-state index contributed by atoms with van der Waals surface area (Å²) >= 11 is 0. The van der Waals surface area contributed by atoms with Gasteiger partial charge >= 0.3 is 5.97 Å². The molecule has 0 spiro atoms. The maximum absolute atomic E-state index is 12.4. The van der Waals surface area contributed by atoms with Crippen molar-refractivity contribution in [1.82, 2.24) is 14.7 Å². The third-order valence-corrected chi connectivity index (χ3v) is 4.80. The van der Waals surface area contributed by atoms with Crippen LogP contribution in [0.4, 0.5) is 0 Å². The molecule has 1 aromatic rings. The van der Waals surface area contributed by atoms with Crippen molar-refractivity contribution in [3.63, 3.8) is 0 Å². The van der Waals surface area contributed by atoms with E-state index in [1.165, 1.54) is 12.8 Å². The maximum Gasteiger partial charge on any atom is 0.311 e. The van der Waals surface area contributed by atoms with Crippen LogP contribution in [0.15, 0.2) is 12.3 Å². The van der Waals surface area contributed by atoms with Crippen molar-refractivity contribution in [2.75, 3.05) is 13.1 Å². The average Bonchev–Trinajstić information content (AvgIpc) is 3.18. The first kappa shape index (κ1) is 14.1. The summed E-state index contributed by atoms with van der Waals surface area (Å²) in [7, 11) is 0. The molecule has 114 valence electrons. The predicted octanol–water partition coefficient (Wildman–Crippen LogP) is 1.94. The van der Waals surface area contributed by atoms with E-state index in [9.17, 15) is 14.7 Å². The van der Waals surface area contributed by atoms with E-state index in [4.69, 9.17) is 0 Å². The number of likely N-dealkylation sites (tertiary alicyclic amines) is 1. The Bertz CT molecular complexity index is 562. The predicted molar refractivity (Wildman–Crippen MR) is 76.0 cm³/mol. The van der Waals surface area contributed by atoms with Gasteiger partial charge in [0.2, 0.25) is 0 Å². The molecule has 6 nitrogen and oxygen atoms in total. The Labute approximate surface area is 123 Å². The summed E-state index contributed by atoms with van der Waals surface area (Å²) in [6, 6.07) is 2.16. The number of hydrogen-bond acceptors (Lipinski definition) is 3. The fourth-order valence-corrected chi connectivity index (χ4v) is 3.30. The largest absolute Gasteiger partial charge is 0.481 e. The van der Waals surface area contributed by atoms with Gasteiger partial charge in [0.25, 0.3) is 5.91 Å². The highest BCUT2D eigenvalue weighted by atomic mass is 16.4. The van der Waals surface area contributed by atoms with Crippen molar-refractivity contribution in [2.24, 2.45) is 5.41 Å². The molecule has 0 aromatic carbocycles. The lowest BCUT2D eigenvalue weighted by molar-refractivity contribution is -0.147. The number of amides is 1. The van der Waals surface area contributed by atoms with Gasteiger partial charge in [-0.05, 0) is 32.3 Å². The molecular formula is C15H21N3O3. The van der Waals surface area contributed by atoms with E-state index >= 15 is 0 Å². The molecule has 3 rings (SSSR count). The fraction of sp³-hybridized carbons (Fsp3) is 0.667. The van der Waals surface area contributed by atoms with Crippen LogP contribution < -0.4 is 0 Å². The fourth-order valence-electron chi connectivity index (χ4n) is 3.30. The molecule has 1 saturated heterocycles. The lowest BCUT2D eigenvalue weighted by atomic mass is 9.90. The van der Waals surface area contributed by atoms with E-state index < -0.39 is 11.4 Å². The molecule has 1 atom stereocenters. The van der Waals surface area contributed by atoms with Gasteiger partial charge in [-0.1, -0.05) is 12.8 Å². The van der Waals surface area contributed by atoms with Gasteiger partial charge in [0.15, 0.2) is 0 Å². The second-order valence-corrected chi connectivity index (χ2v) is 6.46. The van der Waals surface area contributed by atoms with E-state index in [0.717, 1.165) is 12.8 Å². The van der Waals surface area contributed by atoms with Crippen molar-refractivity contribution in [3.8, 4) is 0 Å². The number of aliphatic carboxylic acids is 1. The van der Waals surface area contributed by atoms with Crippen LogP contribution in [0, 0.1) is 5.41 Å². The molecule has 1 aliphatic carbocycles. The summed E-state index contributed by atoms with van der Waals surface area (Å²) in [4.78, 5) is 25.3. The summed E-state index contributed by atoms with van der Waals surface area (Å²) in [5.41, 5.74) is -0.402. The number of nitrogens with zero attached hydrogens (tertiary/aromatic N) is 3. The van der Waals surface area contributed by atoms with Crippen LogP contribution in [-0.4, -0.2) is 44.8 Å². The van der Waals surface area contributed by atoms with Gasteiger partial charge in [0, 0.05) is 19.3 Å². The Morgan fingerprint density at radius 3 is 2.71 bits per heavy atom. The first-order valence-electron chi connectivity index (χ1n) is 7.57. The van der Waals surface area contributed by atoms with Crippen LogP contribution in [0.2, 0.25) is 0 Å². The number of carboxylic acid groups (broad SMARTS) is 1. The second-order valence-electron chi connectivity index (χ2n) is 6.46. The zero-order valence-electron chi connectivity index (χ0n) is 12.3. The third kappa shape index (κ3) is 2.54. The smallest absolute Gasteiger partial charge is 0.311 e. The summed E-state index contributed by atoms with van der Waals surface area (Å²) in [6.45, 7) is 2.44. The van der Waals surface area contributed by atoms with Gasteiger partial charge in [-0.3, -0.25) is 14.3 Å². The zero-order chi connectivity index (χ0) is 15.0. The molecular weight excluding hydrogens is 270 g/mol. The zero-order valence-corrected chi connectivity index (χ0v) is 12.3. The molecule has 1 aromatic heterocycles. The van der Waals surface area contributed by atoms with Crippen molar-refractivity contribution in [3.05, 3.63) is 18.0 Å². The molecule has 1 N–H and O–H groups in total. The first-order chi connectivity index (χ1) is 9.99. The average molecular weight is 291 g/mol. The third-order valence-electron chi connectivity index (χ3n) is 4.80. The van der Waals surface area contributed by atoms with E-state index in [0.29, 0.717) is 24.7 Å². The lowest BCUT2D eigenvalue weighted by Crippen LogP contribution is -2.35. The molecule has 2 fully saturated rings. The molecule has 2 heterocycles. The van der Waals surface area contributed by atoms with Gasteiger partial charge in [0.1, 0.15) is 5.69 Å². The number of aromatic nitrogens is 2. The molecule has 1 saturated carbocycles. The van der Waals surface area contributed by atoms with E-state index in [1.54, 1.807) is 17.9 Å². The van der Waals surface area contributed by atoms with Crippen molar-refractivity contribution >= 4 is 11.9 Å². The second kappa shape index (κ2) is 5.16. The molecule has 21 heavy (non-hydrogen) atoms. The maximum atomic E-state index is 12.4. The lowest BCUT2D eigenvalue weighted by Gasteiger charge is -2.19. The minimum absolute atomic E-state index is 0.156. The molecule has 0 unspecified atom stereocenters. The Hall–Kier alpha value is -1.85. The number of rotatable bonds is 3. The Kier molecular flexibility index (Phi) is 3.47. The van der Waals surface area contributed by atoms with Crippen molar-refractivity contribution in [1.29, 1.82) is 0 Å². The summed E-state index contributed by atoms with van der Waals surface area (Å²) < 4.78 is 1.90. The van der Waals surface area contributed by atoms with Crippen LogP contribution in [0.25, 0.3) is 0 Å². The highest BCUT2D eigenvalue weighted by Crippen LogP contribution is 2.31. The molecule has 2 aliphatic rings.